The molecule has 1 aliphatic heterocycles. The van der Waals surface area contributed by atoms with Gasteiger partial charge in [-0.15, -0.1) is 11.3 Å². The molecule has 6 heteroatoms. The van der Waals surface area contributed by atoms with Crippen LogP contribution in [0, 0.1) is 0 Å². The van der Waals surface area contributed by atoms with E-state index in [1.165, 1.54) is 17.7 Å². The topological polar surface area (TPSA) is 66.8 Å². The molecule has 0 spiro atoms. The van der Waals surface area contributed by atoms with Crippen LogP contribution in [0.5, 0.6) is 0 Å². The molecule has 1 aliphatic rings. The second-order valence-corrected chi connectivity index (χ2v) is 6.42. The quantitative estimate of drug-likeness (QED) is 0.634. The van der Waals surface area contributed by atoms with Gasteiger partial charge in [-0.1, -0.05) is 6.07 Å². The van der Waals surface area contributed by atoms with Crippen molar-refractivity contribution in [1.29, 1.82) is 0 Å². The van der Waals surface area contributed by atoms with Gasteiger partial charge in [0, 0.05) is 11.4 Å². The number of guanidine groups is 1. The molecule has 1 saturated heterocycles. The molecule has 0 saturated carbocycles. The van der Waals surface area contributed by atoms with Crippen LogP contribution in [0.4, 0.5) is 0 Å². The molecular weight excluding hydrogens is 296 g/mol. The predicted octanol–water partition coefficient (Wildman–Crippen LogP) is 2.58. The lowest BCUT2D eigenvalue weighted by atomic mass is 10.2. The van der Waals surface area contributed by atoms with Gasteiger partial charge in [0.25, 0.3) is 0 Å². The number of aliphatic imine (C=N–C) groups is 1. The minimum absolute atomic E-state index is 0.375. The summed E-state index contributed by atoms with van der Waals surface area (Å²) in [6.07, 6.45) is 4.21. The predicted molar refractivity (Wildman–Crippen MR) is 89.9 cm³/mol. The van der Waals surface area contributed by atoms with Crippen LogP contribution in [0.25, 0.3) is 0 Å². The van der Waals surface area contributed by atoms with Crippen molar-refractivity contribution in [2.24, 2.45) is 10.7 Å². The molecular formula is C16H22N4OS. The third-order valence-electron chi connectivity index (χ3n) is 3.91. The van der Waals surface area contributed by atoms with Gasteiger partial charge in [0.1, 0.15) is 12.3 Å². The van der Waals surface area contributed by atoms with Crippen LogP contribution < -0.4 is 11.1 Å². The molecule has 22 heavy (non-hydrogen) atoms. The molecule has 0 unspecified atom stereocenters. The molecule has 0 radical (unpaired) electrons. The number of furan rings is 1. The van der Waals surface area contributed by atoms with Gasteiger partial charge in [0.05, 0.1) is 12.3 Å². The van der Waals surface area contributed by atoms with E-state index in [4.69, 9.17) is 10.2 Å². The zero-order valence-corrected chi connectivity index (χ0v) is 13.4. The summed E-state index contributed by atoms with van der Waals surface area (Å²) >= 11 is 1.80. The fraction of sp³-hybridized carbons (Fsp3) is 0.438. The number of nitrogens with two attached hydrogens (primary N) is 1. The maximum atomic E-state index is 5.97. The van der Waals surface area contributed by atoms with Crippen molar-refractivity contribution in [3.05, 3.63) is 46.5 Å². The van der Waals surface area contributed by atoms with E-state index in [-0.39, 0.29) is 0 Å². The molecule has 5 nitrogen and oxygen atoms in total. The number of likely N-dealkylation sites (tertiary alicyclic amines) is 1. The van der Waals surface area contributed by atoms with Crippen LogP contribution in [-0.2, 0) is 6.54 Å². The van der Waals surface area contributed by atoms with Gasteiger partial charge < -0.3 is 15.5 Å². The zero-order valence-electron chi connectivity index (χ0n) is 12.6. The van der Waals surface area contributed by atoms with Gasteiger partial charge in [0.15, 0.2) is 5.96 Å². The van der Waals surface area contributed by atoms with E-state index in [0.717, 1.165) is 25.4 Å². The number of nitrogens with one attached hydrogen (secondary N) is 1. The standard InChI is InChI=1S/C16H22N4OS/c17-16(18-11-13-5-3-9-21-13)19-12-14(15-6-4-10-22-15)20-7-1-2-8-20/h3-6,9-10,14H,1-2,7-8,11-12H2,(H3,17,18,19)/t14-/m0/s1. The summed E-state index contributed by atoms with van der Waals surface area (Å²) in [5.74, 6) is 1.29. The highest BCUT2D eigenvalue weighted by Gasteiger charge is 2.24. The molecule has 3 heterocycles. The van der Waals surface area contributed by atoms with Crippen molar-refractivity contribution >= 4 is 17.3 Å². The molecule has 2 aromatic rings. The van der Waals surface area contributed by atoms with Crippen molar-refractivity contribution < 1.29 is 4.42 Å². The number of thiophene rings is 1. The van der Waals surface area contributed by atoms with Crippen LogP contribution >= 0.6 is 11.3 Å². The largest absolute Gasteiger partial charge is 0.467 e. The normalized spacial score (nSPS) is 17.7. The Hall–Kier alpha value is -1.79. The first kappa shape index (κ1) is 15.1. The van der Waals surface area contributed by atoms with Gasteiger partial charge in [-0.05, 0) is 49.5 Å². The molecule has 1 atom stereocenters. The molecule has 0 aromatic carbocycles. The Kier molecular flexibility index (Phi) is 5.13. The molecule has 3 rings (SSSR count). The summed E-state index contributed by atoms with van der Waals surface area (Å²) in [6, 6.07) is 8.44. The Morgan fingerprint density at radius 1 is 1.36 bits per heavy atom. The Morgan fingerprint density at radius 2 is 2.23 bits per heavy atom. The second-order valence-electron chi connectivity index (χ2n) is 5.44. The minimum Gasteiger partial charge on any atom is -0.467 e. The van der Waals surface area contributed by atoms with E-state index < -0.39 is 0 Å². The molecule has 0 aliphatic carbocycles. The Morgan fingerprint density at radius 3 is 2.91 bits per heavy atom. The third-order valence-corrected chi connectivity index (χ3v) is 4.89. The molecule has 1 fully saturated rings. The van der Waals surface area contributed by atoms with E-state index in [2.05, 4.69) is 32.7 Å². The highest BCUT2D eigenvalue weighted by molar-refractivity contribution is 7.10. The number of hydrogen-bond acceptors (Lipinski definition) is 4. The highest BCUT2D eigenvalue weighted by Crippen LogP contribution is 2.27. The Balaban J connectivity index is 1.57. The highest BCUT2D eigenvalue weighted by atomic mass is 32.1. The number of hydrogen-bond donors (Lipinski definition) is 2. The summed E-state index contributed by atoms with van der Waals surface area (Å²) in [6.45, 7) is 3.58. The third kappa shape index (κ3) is 3.90. The van der Waals surface area contributed by atoms with Crippen LogP contribution in [0.2, 0.25) is 0 Å². The van der Waals surface area contributed by atoms with Crippen LogP contribution in [-0.4, -0.2) is 30.5 Å². The van der Waals surface area contributed by atoms with Crippen molar-refractivity contribution in [1.82, 2.24) is 10.2 Å². The first-order valence-electron chi connectivity index (χ1n) is 7.66. The van der Waals surface area contributed by atoms with E-state index in [0.29, 0.717) is 18.5 Å². The molecule has 0 bridgehead atoms. The van der Waals surface area contributed by atoms with E-state index in [1.54, 1.807) is 17.6 Å². The molecule has 2 aromatic heterocycles. The summed E-state index contributed by atoms with van der Waals surface area (Å²) in [5, 5.41) is 5.39. The Labute approximate surface area is 134 Å². The number of nitrogens with zero attached hydrogens (tertiary/aromatic N) is 2. The second kappa shape index (κ2) is 7.47. The SMILES string of the molecule is NC(=NCc1ccco1)NC[C@@H](c1cccs1)N1CCCC1. The first-order chi connectivity index (χ1) is 10.8. The van der Waals surface area contributed by atoms with Crippen LogP contribution in [0.3, 0.4) is 0 Å². The van der Waals surface area contributed by atoms with Gasteiger partial charge in [0.2, 0.25) is 0 Å². The van der Waals surface area contributed by atoms with Gasteiger partial charge in [-0.25, -0.2) is 4.99 Å². The monoisotopic (exact) mass is 318 g/mol. The van der Waals surface area contributed by atoms with E-state index >= 15 is 0 Å². The van der Waals surface area contributed by atoms with Crippen molar-refractivity contribution in [2.75, 3.05) is 19.6 Å². The maximum Gasteiger partial charge on any atom is 0.189 e. The lowest BCUT2D eigenvalue weighted by Gasteiger charge is -2.27. The average Bonchev–Trinajstić information content (AvgIpc) is 3.27. The summed E-state index contributed by atoms with van der Waals surface area (Å²) in [5.41, 5.74) is 5.97. The van der Waals surface area contributed by atoms with Gasteiger partial charge in [-0.2, -0.15) is 0 Å². The van der Waals surface area contributed by atoms with Gasteiger partial charge in [-0.3, -0.25) is 4.90 Å². The summed E-state index contributed by atoms with van der Waals surface area (Å²) in [7, 11) is 0. The fourth-order valence-electron chi connectivity index (χ4n) is 2.77. The molecule has 3 N–H and O–H groups in total. The maximum absolute atomic E-state index is 5.97. The Bertz CT molecular complexity index is 573. The van der Waals surface area contributed by atoms with Crippen molar-refractivity contribution in [3.63, 3.8) is 0 Å². The summed E-state index contributed by atoms with van der Waals surface area (Å²) in [4.78, 5) is 8.23. The van der Waals surface area contributed by atoms with E-state index in [9.17, 15) is 0 Å². The lowest BCUT2D eigenvalue weighted by molar-refractivity contribution is 0.249. The fourth-order valence-corrected chi connectivity index (χ4v) is 3.63. The van der Waals surface area contributed by atoms with Gasteiger partial charge >= 0.3 is 0 Å². The van der Waals surface area contributed by atoms with Crippen molar-refractivity contribution in [2.45, 2.75) is 25.4 Å². The van der Waals surface area contributed by atoms with Crippen LogP contribution in [0.15, 0.2) is 45.3 Å². The smallest absolute Gasteiger partial charge is 0.189 e. The zero-order chi connectivity index (χ0) is 15.2. The van der Waals surface area contributed by atoms with Crippen molar-refractivity contribution in [3.8, 4) is 0 Å². The lowest BCUT2D eigenvalue weighted by Crippen LogP contribution is -2.39. The minimum atomic E-state index is 0.375. The molecule has 0 amide bonds. The first-order valence-corrected chi connectivity index (χ1v) is 8.54. The molecule has 118 valence electrons. The average molecular weight is 318 g/mol. The van der Waals surface area contributed by atoms with Crippen LogP contribution in [0.1, 0.15) is 29.5 Å². The number of rotatable bonds is 6. The van der Waals surface area contributed by atoms with E-state index in [1.807, 2.05) is 12.1 Å². The summed E-state index contributed by atoms with van der Waals surface area (Å²) < 4.78 is 5.25.